The van der Waals surface area contributed by atoms with Crippen LogP contribution in [0.5, 0.6) is 0 Å². The lowest BCUT2D eigenvalue weighted by Crippen LogP contribution is -2.53. The Morgan fingerprint density at radius 1 is 1.17 bits per heavy atom. The molecule has 0 saturated carbocycles. The van der Waals surface area contributed by atoms with Crippen LogP contribution in [0.3, 0.4) is 0 Å². The average Bonchev–Trinajstić information content (AvgIpc) is 2.60. The molecule has 3 nitrogen and oxygen atoms in total. The number of amides is 1. The van der Waals surface area contributed by atoms with E-state index in [2.05, 4.69) is 29.6 Å². The molecule has 1 aromatic rings. The third-order valence-electron chi connectivity index (χ3n) is 3.87. The van der Waals surface area contributed by atoms with Crippen LogP contribution >= 0.6 is 0 Å². The van der Waals surface area contributed by atoms with E-state index in [1.807, 2.05) is 25.8 Å². The first-order valence-electron chi connectivity index (χ1n) is 6.59. The van der Waals surface area contributed by atoms with Crippen LogP contribution in [0.25, 0.3) is 0 Å². The van der Waals surface area contributed by atoms with Crippen LogP contribution in [0.2, 0.25) is 0 Å². The fraction of sp³-hybridized carbons (Fsp3) is 0.533. The molecule has 0 spiro atoms. The van der Waals surface area contributed by atoms with Crippen LogP contribution in [0.4, 0.5) is 0 Å². The predicted octanol–water partition coefficient (Wildman–Crippen LogP) is 1.61. The van der Waals surface area contributed by atoms with E-state index < -0.39 is 5.54 Å². The number of likely N-dealkylation sites (N-methyl/N-ethyl adjacent to an activating group) is 1. The fourth-order valence-electron chi connectivity index (χ4n) is 2.37. The molecule has 0 fully saturated rings. The van der Waals surface area contributed by atoms with Crippen LogP contribution in [0, 0.1) is 0 Å². The molecule has 0 aliphatic carbocycles. The van der Waals surface area contributed by atoms with Gasteiger partial charge in [0.2, 0.25) is 5.91 Å². The predicted molar refractivity (Wildman–Crippen MR) is 73.6 cm³/mol. The van der Waals surface area contributed by atoms with Crippen molar-refractivity contribution in [1.29, 1.82) is 0 Å². The molecule has 18 heavy (non-hydrogen) atoms. The lowest BCUT2D eigenvalue weighted by atomic mass is 10.0. The zero-order valence-electron chi connectivity index (χ0n) is 11.5. The first-order chi connectivity index (χ1) is 8.54. The largest absolute Gasteiger partial charge is 0.340 e. The van der Waals surface area contributed by atoms with Crippen molar-refractivity contribution in [2.24, 2.45) is 0 Å². The Morgan fingerprint density at radius 2 is 1.67 bits per heavy atom. The van der Waals surface area contributed by atoms with Crippen molar-refractivity contribution in [2.75, 3.05) is 20.1 Å². The summed E-state index contributed by atoms with van der Waals surface area (Å²) in [5, 5.41) is 3.09. The summed E-state index contributed by atoms with van der Waals surface area (Å²) in [7, 11) is 1.84. The normalized spacial score (nSPS) is 16.1. The monoisotopic (exact) mass is 246 g/mol. The average molecular weight is 246 g/mol. The highest BCUT2D eigenvalue weighted by molar-refractivity contribution is 5.85. The topological polar surface area (TPSA) is 32.3 Å². The van der Waals surface area contributed by atoms with E-state index in [-0.39, 0.29) is 5.91 Å². The minimum absolute atomic E-state index is 0.192. The number of carbonyl (C=O) groups excluding carboxylic acids is 1. The summed E-state index contributed by atoms with van der Waals surface area (Å²) in [5.74, 6) is 0.192. The zero-order chi connectivity index (χ0) is 13.2. The number of carbonyl (C=O) groups is 1. The van der Waals surface area contributed by atoms with Crippen molar-refractivity contribution in [3.05, 3.63) is 35.4 Å². The Morgan fingerprint density at radius 3 is 2.11 bits per heavy atom. The van der Waals surface area contributed by atoms with Crippen molar-refractivity contribution in [1.82, 2.24) is 10.2 Å². The highest BCUT2D eigenvalue weighted by Crippen LogP contribution is 2.17. The quantitative estimate of drug-likeness (QED) is 0.860. The Kier molecular flexibility index (Phi) is 3.71. The molecule has 1 heterocycles. The van der Waals surface area contributed by atoms with E-state index in [0.29, 0.717) is 0 Å². The summed E-state index contributed by atoms with van der Waals surface area (Å²) >= 11 is 0. The van der Waals surface area contributed by atoms with Gasteiger partial charge in [0.05, 0.1) is 5.54 Å². The van der Waals surface area contributed by atoms with E-state index in [1.54, 1.807) is 0 Å². The lowest BCUT2D eigenvalue weighted by Gasteiger charge is -2.30. The molecule has 0 bridgehead atoms. The molecule has 1 aromatic carbocycles. The Labute approximate surface area is 109 Å². The molecule has 1 N–H and O–H groups in total. The van der Waals surface area contributed by atoms with Gasteiger partial charge in [-0.1, -0.05) is 24.3 Å². The second-order valence-electron chi connectivity index (χ2n) is 5.44. The number of rotatable bonds is 2. The van der Waals surface area contributed by atoms with Gasteiger partial charge < -0.3 is 10.2 Å². The van der Waals surface area contributed by atoms with Gasteiger partial charge in [0.25, 0.3) is 0 Å². The second-order valence-corrected chi connectivity index (χ2v) is 5.44. The standard InChI is InChI=1S/C15H22N2O/c1-15(2,16-3)14(18)17-10-8-12-6-4-5-7-13(12)9-11-17/h4-7,16H,8-11H2,1-3H3. The van der Waals surface area contributed by atoms with Gasteiger partial charge in [-0.25, -0.2) is 0 Å². The lowest BCUT2D eigenvalue weighted by molar-refractivity contribution is -0.136. The number of hydrogen-bond donors (Lipinski definition) is 1. The summed E-state index contributed by atoms with van der Waals surface area (Å²) in [6, 6.07) is 8.50. The van der Waals surface area contributed by atoms with E-state index in [9.17, 15) is 4.79 Å². The van der Waals surface area contributed by atoms with E-state index in [4.69, 9.17) is 0 Å². The smallest absolute Gasteiger partial charge is 0.242 e. The van der Waals surface area contributed by atoms with Crippen molar-refractivity contribution in [3.63, 3.8) is 0 Å². The number of nitrogens with one attached hydrogen (secondary N) is 1. The second kappa shape index (κ2) is 5.11. The number of benzene rings is 1. The SMILES string of the molecule is CNC(C)(C)C(=O)N1CCc2ccccc2CC1. The number of fused-ring (bicyclic) bond motifs is 1. The molecule has 1 aliphatic rings. The third kappa shape index (κ3) is 2.56. The van der Waals surface area contributed by atoms with E-state index in [0.717, 1.165) is 25.9 Å². The molecule has 0 saturated heterocycles. The fourth-order valence-corrected chi connectivity index (χ4v) is 2.37. The van der Waals surface area contributed by atoms with Crippen molar-refractivity contribution in [3.8, 4) is 0 Å². The van der Waals surface area contributed by atoms with Crippen LogP contribution in [-0.4, -0.2) is 36.5 Å². The molecule has 98 valence electrons. The summed E-state index contributed by atoms with van der Waals surface area (Å²) in [6.07, 6.45) is 1.92. The van der Waals surface area contributed by atoms with Gasteiger partial charge in [0, 0.05) is 13.1 Å². The number of nitrogens with zero attached hydrogens (tertiary/aromatic N) is 1. The summed E-state index contributed by atoms with van der Waals surface area (Å²) in [6.45, 7) is 5.52. The molecule has 1 aliphatic heterocycles. The summed E-state index contributed by atoms with van der Waals surface area (Å²) in [5.41, 5.74) is 2.29. The minimum atomic E-state index is -0.476. The van der Waals surface area contributed by atoms with E-state index in [1.165, 1.54) is 11.1 Å². The molecular formula is C15H22N2O. The summed E-state index contributed by atoms with van der Waals surface area (Å²) in [4.78, 5) is 14.4. The Bertz CT molecular complexity index is 413. The molecule has 3 heteroatoms. The maximum Gasteiger partial charge on any atom is 0.242 e. The first-order valence-corrected chi connectivity index (χ1v) is 6.59. The molecule has 1 amide bonds. The molecule has 0 unspecified atom stereocenters. The third-order valence-corrected chi connectivity index (χ3v) is 3.87. The van der Waals surface area contributed by atoms with Crippen LogP contribution in [0.15, 0.2) is 24.3 Å². The van der Waals surface area contributed by atoms with Crippen LogP contribution in [-0.2, 0) is 17.6 Å². The molecular weight excluding hydrogens is 224 g/mol. The molecule has 0 atom stereocenters. The van der Waals surface area contributed by atoms with Gasteiger partial charge in [-0.2, -0.15) is 0 Å². The van der Waals surface area contributed by atoms with Crippen LogP contribution < -0.4 is 5.32 Å². The van der Waals surface area contributed by atoms with E-state index >= 15 is 0 Å². The Balaban J connectivity index is 2.11. The molecule has 2 rings (SSSR count). The van der Waals surface area contributed by atoms with Gasteiger partial charge in [-0.05, 0) is 44.9 Å². The highest BCUT2D eigenvalue weighted by atomic mass is 16.2. The van der Waals surface area contributed by atoms with Crippen molar-refractivity contribution < 1.29 is 4.79 Å². The van der Waals surface area contributed by atoms with Gasteiger partial charge in [-0.3, -0.25) is 4.79 Å². The van der Waals surface area contributed by atoms with Gasteiger partial charge in [0.15, 0.2) is 0 Å². The van der Waals surface area contributed by atoms with Crippen molar-refractivity contribution in [2.45, 2.75) is 32.2 Å². The van der Waals surface area contributed by atoms with Gasteiger partial charge in [0.1, 0.15) is 0 Å². The molecule has 0 radical (unpaired) electrons. The molecule has 0 aromatic heterocycles. The highest BCUT2D eigenvalue weighted by Gasteiger charge is 2.30. The number of hydrogen-bond acceptors (Lipinski definition) is 2. The summed E-state index contributed by atoms with van der Waals surface area (Å²) < 4.78 is 0. The minimum Gasteiger partial charge on any atom is -0.340 e. The van der Waals surface area contributed by atoms with Crippen LogP contribution in [0.1, 0.15) is 25.0 Å². The van der Waals surface area contributed by atoms with Gasteiger partial charge in [-0.15, -0.1) is 0 Å². The Hall–Kier alpha value is -1.35. The first kappa shape index (κ1) is 13.1. The maximum absolute atomic E-state index is 12.4. The maximum atomic E-state index is 12.4. The van der Waals surface area contributed by atoms with Gasteiger partial charge >= 0.3 is 0 Å². The van der Waals surface area contributed by atoms with Crippen molar-refractivity contribution >= 4 is 5.91 Å². The zero-order valence-corrected chi connectivity index (χ0v) is 11.5.